The first kappa shape index (κ1) is 28.1. The average molecular weight is 534 g/mol. The van der Waals surface area contributed by atoms with E-state index in [1.54, 1.807) is 35.4 Å². The summed E-state index contributed by atoms with van der Waals surface area (Å²) in [6.07, 6.45) is 6.92. The molecule has 208 valence electrons. The average Bonchev–Trinajstić information content (AvgIpc) is 2.96. The molecule has 3 N–H and O–H groups in total. The first-order valence-electron chi connectivity index (χ1n) is 13.6. The summed E-state index contributed by atoms with van der Waals surface area (Å²) in [6, 6.07) is 11.3. The van der Waals surface area contributed by atoms with Crippen molar-refractivity contribution in [2.24, 2.45) is 4.99 Å². The normalized spacial score (nSPS) is 16.9. The number of benzene rings is 1. The van der Waals surface area contributed by atoms with E-state index in [1.165, 1.54) is 0 Å². The number of carbonyl (C=O) groups excluding carboxylic acids is 2. The molecule has 2 aliphatic heterocycles. The van der Waals surface area contributed by atoms with Crippen LogP contribution < -0.4 is 10.8 Å². The molecular weight excluding hydrogens is 494 g/mol. The number of carbonyl (C=O) groups is 2. The van der Waals surface area contributed by atoms with E-state index < -0.39 is 0 Å². The second-order valence-corrected chi connectivity index (χ2v) is 10.1. The number of ether oxygens (including phenoxy) is 1. The lowest BCUT2D eigenvalue weighted by molar-refractivity contribution is 0.0659. The Bertz CT molecular complexity index is 1260. The van der Waals surface area contributed by atoms with Crippen LogP contribution in [-0.2, 0) is 4.74 Å². The van der Waals surface area contributed by atoms with Crippen LogP contribution in [0.4, 0.5) is 10.5 Å². The van der Waals surface area contributed by atoms with Crippen LogP contribution in [0.15, 0.2) is 53.7 Å². The first-order chi connectivity index (χ1) is 18.9. The Morgan fingerprint density at radius 2 is 1.92 bits per heavy atom. The van der Waals surface area contributed by atoms with Crippen molar-refractivity contribution < 1.29 is 14.3 Å². The molecule has 0 radical (unpaired) electrons. The third-order valence-electron chi connectivity index (χ3n) is 7.25. The molecule has 0 spiro atoms. The summed E-state index contributed by atoms with van der Waals surface area (Å²) in [6.45, 7) is 5.43. The van der Waals surface area contributed by atoms with Crippen LogP contribution in [0.25, 0.3) is 5.57 Å². The molecule has 3 heterocycles. The molecule has 2 amide bonds. The summed E-state index contributed by atoms with van der Waals surface area (Å²) in [5.41, 5.74) is 3.83. The van der Waals surface area contributed by atoms with E-state index in [2.05, 4.69) is 27.2 Å². The van der Waals surface area contributed by atoms with Gasteiger partial charge in [0.2, 0.25) is 5.96 Å². The SMILES string of the molecule is CCCOC(=O)N1CC=C(c2ccc[nH]/c2=N\C(=N)Nc2ccc(C(=O)N(C)C3CCN(C)CC3)cc2)CC1. The van der Waals surface area contributed by atoms with E-state index in [4.69, 9.17) is 10.1 Å². The number of H-pyrrole nitrogens is 1. The predicted molar refractivity (Wildman–Crippen MR) is 153 cm³/mol. The Morgan fingerprint density at radius 3 is 2.59 bits per heavy atom. The van der Waals surface area contributed by atoms with Gasteiger partial charge in [-0.1, -0.05) is 13.0 Å². The molecule has 1 fully saturated rings. The summed E-state index contributed by atoms with van der Waals surface area (Å²) >= 11 is 0. The van der Waals surface area contributed by atoms with Gasteiger partial charge >= 0.3 is 6.09 Å². The number of aromatic nitrogens is 1. The highest BCUT2D eigenvalue weighted by atomic mass is 16.6. The van der Waals surface area contributed by atoms with Crippen LogP contribution in [0, 0.1) is 5.41 Å². The molecule has 0 bridgehead atoms. The molecule has 0 unspecified atom stereocenters. The monoisotopic (exact) mass is 533 g/mol. The van der Waals surface area contributed by atoms with Gasteiger partial charge in [-0.2, -0.15) is 4.99 Å². The second kappa shape index (κ2) is 13.2. The second-order valence-electron chi connectivity index (χ2n) is 10.1. The maximum absolute atomic E-state index is 13.0. The zero-order chi connectivity index (χ0) is 27.8. The number of amides is 2. The zero-order valence-corrected chi connectivity index (χ0v) is 23.1. The molecule has 0 aliphatic carbocycles. The summed E-state index contributed by atoms with van der Waals surface area (Å²) in [5, 5.41) is 11.4. The van der Waals surface area contributed by atoms with Gasteiger partial charge in [-0.25, -0.2) is 4.79 Å². The van der Waals surface area contributed by atoms with Gasteiger partial charge in [0.1, 0.15) is 5.49 Å². The highest BCUT2D eigenvalue weighted by molar-refractivity contribution is 5.96. The number of nitrogens with one attached hydrogen (secondary N) is 3. The van der Waals surface area contributed by atoms with Crippen LogP contribution in [0.1, 0.15) is 48.5 Å². The molecule has 10 heteroatoms. The van der Waals surface area contributed by atoms with Gasteiger partial charge in [0.15, 0.2) is 0 Å². The van der Waals surface area contributed by atoms with Crippen molar-refractivity contribution in [1.29, 1.82) is 5.41 Å². The lowest BCUT2D eigenvalue weighted by atomic mass is 10.0. The quantitative estimate of drug-likeness (QED) is 0.386. The fraction of sp³-hybridized carbons (Fsp3) is 0.448. The number of hydrogen-bond acceptors (Lipinski definition) is 5. The fourth-order valence-electron chi connectivity index (χ4n) is 4.86. The van der Waals surface area contributed by atoms with E-state index in [1.807, 2.05) is 37.1 Å². The van der Waals surface area contributed by atoms with Gasteiger partial charge < -0.3 is 29.7 Å². The van der Waals surface area contributed by atoms with E-state index in [0.717, 1.165) is 43.5 Å². The van der Waals surface area contributed by atoms with Gasteiger partial charge in [0.05, 0.1) is 6.61 Å². The molecule has 1 saturated heterocycles. The topological polar surface area (TPSA) is 117 Å². The zero-order valence-electron chi connectivity index (χ0n) is 23.1. The summed E-state index contributed by atoms with van der Waals surface area (Å²) in [5.74, 6) is -0.0141. The number of anilines is 1. The van der Waals surface area contributed by atoms with Crippen molar-refractivity contribution >= 4 is 29.2 Å². The van der Waals surface area contributed by atoms with Crippen molar-refractivity contribution in [3.63, 3.8) is 0 Å². The van der Waals surface area contributed by atoms with Crippen LogP contribution in [-0.4, -0.2) is 90.6 Å². The molecule has 4 rings (SSSR count). The molecule has 2 aromatic rings. The Hall–Kier alpha value is -3.92. The minimum absolute atomic E-state index is 0.0114. The van der Waals surface area contributed by atoms with Crippen molar-refractivity contribution in [3.05, 3.63) is 65.3 Å². The van der Waals surface area contributed by atoms with Crippen LogP contribution >= 0.6 is 0 Å². The van der Waals surface area contributed by atoms with Crippen molar-refractivity contribution in [3.8, 4) is 0 Å². The minimum atomic E-state index is -0.288. The summed E-state index contributed by atoms with van der Waals surface area (Å²) in [4.78, 5) is 38.6. The van der Waals surface area contributed by atoms with E-state index in [-0.39, 0.29) is 24.0 Å². The lowest BCUT2D eigenvalue weighted by Gasteiger charge is -2.35. The largest absolute Gasteiger partial charge is 0.449 e. The third kappa shape index (κ3) is 7.35. The number of piperidine rings is 1. The van der Waals surface area contributed by atoms with Crippen molar-refractivity contribution in [1.82, 2.24) is 19.7 Å². The smallest absolute Gasteiger partial charge is 0.410 e. The molecule has 0 atom stereocenters. The van der Waals surface area contributed by atoms with Gasteiger partial charge in [0.25, 0.3) is 5.91 Å². The van der Waals surface area contributed by atoms with Crippen LogP contribution in [0.5, 0.6) is 0 Å². The Balaban J connectivity index is 1.39. The van der Waals surface area contributed by atoms with Crippen LogP contribution in [0.3, 0.4) is 0 Å². The number of likely N-dealkylation sites (tertiary alicyclic amines) is 1. The number of aromatic amines is 1. The third-order valence-corrected chi connectivity index (χ3v) is 7.25. The van der Waals surface area contributed by atoms with E-state index in [0.29, 0.717) is 42.9 Å². The maximum atomic E-state index is 13.0. The standard InChI is InChI=1S/C29H39N7O3/c1-4-20-39-29(38)36-18-11-21(12-19-36)25-6-5-15-31-26(25)33-28(30)32-23-9-7-22(8-10-23)27(37)35(3)24-13-16-34(2)17-14-24/h5-11,15,24H,4,12-14,16-20H2,1-3H3,(H3,30,31,32,33). The van der Waals surface area contributed by atoms with Crippen LogP contribution in [0.2, 0.25) is 0 Å². The highest BCUT2D eigenvalue weighted by Gasteiger charge is 2.25. The van der Waals surface area contributed by atoms with E-state index in [9.17, 15) is 9.59 Å². The lowest BCUT2D eigenvalue weighted by Crippen LogP contribution is -2.44. The first-order valence-corrected chi connectivity index (χ1v) is 13.6. The highest BCUT2D eigenvalue weighted by Crippen LogP contribution is 2.21. The Kier molecular flexibility index (Phi) is 9.54. The van der Waals surface area contributed by atoms with Gasteiger partial charge in [-0.3, -0.25) is 10.2 Å². The molecule has 1 aromatic heterocycles. The molecule has 39 heavy (non-hydrogen) atoms. The number of hydrogen-bond donors (Lipinski definition) is 3. The van der Waals surface area contributed by atoms with Crippen molar-refractivity contribution in [2.75, 3.05) is 52.2 Å². The van der Waals surface area contributed by atoms with Crippen molar-refractivity contribution in [2.45, 2.75) is 38.6 Å². The minimum Gasteiger partial charge on any atom is -0.449 e. The fourth-order valence-corrected chi connectivity index (χ4v) is 4.86. The van der Waals surface area contributed by atoms with Gasteiger partial charge in [-0.15, -0.1) is 0 Å². The number of nitrogens with zero attached hydrogens (tertiary/aromatic N) is 4. The van der Waals surface area contributed by atoms with Gasteiger partial charge in [0, 0.05) is 49.2 Å². The number of pyridine rings is 1. The summed E-state index contributed by atoms with van der Waals surface area (Å²) < 4.78 is 5.24. The predicted octanol–water partition coefficient (Wildman–Crippen LogP) is 3.76. The number of rotatable bonds is 6. The number of guanidine groups is 1. The molecule has 1 aromatic carbocycles. The summed E-state index contributed by atoms with van der Waals surface area (Å²) in [7, 11) is 3.99. The molecular formula is C29H39N7O3. The Labute approximate surface area is 229 Å². The molecule has 2 aliphatic rings. The molecule has 10 nitrogen and oxygen atoms in total. The van der Waals surface area contributed by atoms with E-state index >= 15 is 0 Å². The van der Waals surface area contributed by atoms with Gasteiger partial charge in [-0.05, 0) is 87.8 Å². The molecule has 0 saturated carbocycles. The Morgan fingerprint density at radius 1 is 1.18 bits per heavy atom. The maximum Gasteiger partial charge on any atom is 0.410 e.